The average molecular weight is 354 g/mol. The number of carbonyl (C=O) groups is 2. The Kier molecular flexibility index (Phi) is 5.48. The summed E-state index contributed by atoms with van der Waals surface area (Å²) in [4.78, 5) is 23.2. The van der Waals surface area contributed by atoms with Gasteiger partial charge in [-0.05, 0) is 17.7 Å². The molecule has 1 amide bonds. The SMILES string of the molecule is O=C(O)CC/C(=N/NC(=O)[C@@H]1COc2ccccc2O1)c1ccccc1. The highest BCUT2D eigenvalue weighted by Crippen LogP contribution is 2.30. The Morgan fingerprint density at radius 1 is 1.04 bits per heavy atom. The molecule has 0 saturated heterocycles. The van der Waals surface area contributed by atoms with Crippen LogP contribution >= 0.6 is 0 Å². The summed E-state index contributed by atoms with van der Waals surface area (Å²) in [7, 11) is 0. The van der Waals surface area contributed by atoms with E-state index in [4.69, 9.17) is 14.6 Å². The summed E-state index contributed by atoms with van der Waals surface area (Å²) >= 11 is 0. The van der Waals surface area contributed by atoms with Crippen LogP contribution < -0.4 is 14.9 Å². The first-order valence-corrected chi connectivity index (χ1v) is 8.15. The number of benzene rings is 2. The van der Waals surface area contributed by atoms with E-state index in [1.807, 2.05) is 36.4 Å². The van der Waals surface area contributed by atoms with E-state index in [-0.39, 0.29) is 19.4 Å². The maximum absolute atomic E-state index is 12.3. The Morgan fingerprint density at radius 3 is 2.46 bits per heavy atom. The maximum atomic E-state index is 12.3. The molecule has 0 saturated carbocycles. The third-order valence-corrected chi connectivity index (χ3v) is 3.78. The van der Waals surface area contributed by atoms with E-state index in [0.29, 0.717) is 17.2 Å². The molecule has 2 aromatic carbocycles. The van der Waals surface area contributed by atoms with Crippen molar-refractivity contribution in [3.63, 3.8) is 0 Å². The standard InChI is InChI=1S/C19H18N2O5/c22-18(23)11-10-14(13-6-2-1-3-7-13)20-21-19(24)17-12-25-15-8-4-5-9-16(15)26-17/h1-9,17H,10-12H2,(H,21,24)(H,22,23)/b20-14-/t17-/m0/s1. The fourth-order valence-corrected chi connectivity index (χ4v) is 2.46. The van der Waals surface area contributed by atoms with Crippen LogP contribution in [0.1, 0.15) is 18.4 Å². The van der Waals surface area contributed by atoms with Gasteiger partial charge >= 0.3 is 5.97 Å². The lowest BCUT2D eigenvalue weighted by Gasteiger charge is -2.24. The lowest BCUT2D eigenvalue weighted by atomic mass is 10.1. The predicted octanol–water partition coefficient (Wildman–Crippen LogP) is 2.21. The summed E-state index contributed by atoms with van der Waals surface area (Å²) < 4.78 is 11.1. The number of carboxylic acid groups (broad SMARTS) is 1. The fourth-order valence-electron chi connectivity index (χ4n) is 2.46. The van der Waals surface area contributed by atoms with Crippen LogP contribution in [-0.4, -0.2) is 35.4 Å². The molecule has 3 rings (SSSR count). The second-order valence-electron chi connectivity index (χ2n) is 5.66. The van der Waals surface area contributed by atoms with Gasteiger partial charge in [0, 0.05) is 6.42 Å². The minimum absolute atomic E-state index is 0.0775. The number of fused-ring (bicyclic) bond motifs is 1. The summed E-state index contributed by atoms with van der Waals surface area (Å²) in [5.74, 6) is -0.299. The molecule has 1 aliphatic rings. The molecular weight excluding hydrogens is 336 g/mol. The number of amides is 1. The third kappa shape index (κ3) is 4.38. The van der Waals surface area contributed by atoms with Gasteiger partial charge in [-0.1, -0.05) is 42.5 Å². The number of hydrogen-bond acceptors (Lipinski definition) is 5. The molecule has 0 bridgehead atoms. The molecule has 0 fully saturated rings. The molecule has 7 nitrogen and oxygen atoms in total. The fraction of sp³-hybridized carbons (Fsp3) is 0.211. The van der Waals surface area contributed by atoms with Gasteiger partial charge in [0.2, 0.25) is 6.10 Å². The summed E-state index contributed by atoms with van der Waals surface area (Å²) in [5, 5.41) is 13.0. The topological polar surface area (TPSA) is 97.2 Å². The highest BCUT2D eigenvalue weighted by molar-refractivity contribution is 6.02. The van der Waals surface area contributed by atoms with Crippen LogP contribution in [0.3, 0.4) is 0 Å². The average Bonchev–Trinajstić information content (AvgIpc) is 2.68. The Labute approximate surface area is 150 Å². The number of rotatable bonds is 6. The van der Waals surface area contributed by atoms with Crippen LogP contribution in [0.15, 0.2) is 59.7 Å². The van der Waals surface area contributed by atoms with Crippen molar-refractivity contribution in [3.8, 4) is 11.5 Å². The van der Waals surface area contributed by atoms with E-state index in [0.717, 1.165) is 5.56 Å². The second kappa shape index (κ2) is 8.15. The second-order valence-corrected chi connectivity index (χ2v) is 5.66. The van der Waals surface area contributed by atoms with E-state index in [2.05, 4.69) is 10.5 Å². The normalized spacial score (nSPS) is 16.0. The molecule has 1 heterocycles. The van der Waals surface area contributed by atoms with Crippen molar-refractivity contribution in [2.45, 2.75) is 18.9 Å². The number of carbonyl (C=O) groups excluding carboxylic acids is 1. The van der Waals surface area contributed by atoms with E-state index >= 15 is 0 Å². The van der Waals surface area contributed by atoms with Crippen LogP contribution in [0, 0.1) is 0 Å². The summed E-state index contributed by atoms with van der Waals surface area (Å²) in [5.41, 5.74) is 3.69. The Morgan fingerprint density at radius 2 is 1.73 bits per heavy atom. The zero-order valence-corrected chi connectivity index (χ0v) is 13.9. The van der Waals surface area contributed by atoms with Crippen molar-refractivity contribution in [1.29, 1.82) is 0 Å². The van der Waals surface area contributed by atoms with Crippen molar-refractivity contribution < 1.29 is 24.2 Å². The van der Waals surface area contributed by atoms with Crippen molar-refractivity contribution in [2.24, 2.45) is 5.10 Å². The van der Waals surface area contributed by atoms with E-state index < -0.39 is 18.0 Å². The number of hydrogen-bond donors (Lipinski definition) is 2. The summed E-state index contributed by atoms with van der Waals surface area (Å²) in [6.45, 7) is 0.0775. The van der Waals surface area contributed by atoms with Gasteiger partial charge in [0.1, 0.15) is 6.61 Å². The molecule has 134 valence electrons. The highest BCUT2D eigenvalue weighted by atomic mass is 16.6. The number of ether oxygens (including phenoxy) is 2. The number of nitrogens with one attached hydrogen (secondary N) is 1. The van der Waals surface area contributed by atoms with Crippen molar-refractivity contribution in [1.82, 2.24) is 5.43 Å². The van der Waals surface area contributed by atoms with Crippen LogP contribution in [0.4, 0.5) is 0 Å². The van der Waals surface area contributed by atoms with Gasteiger partial charge < -0.3 is 14.6 Å². The minimum atomic E-state index is -0.930. The highest BCUT2D eigenvalue weighted by Gasteiger charge is 2.27. The van der Waals surface area contributed by atoms with Crippen LogP contribution in [0.25, 0.3) is 0 Å². The molecule has 0 spiro atoms. The lowest BCUT2D eigenvalue weighted by molar-refractivity contribution is -0.136. The molecule has 26 heavy (non-hydrogen) atoms. The molecule has 7 heteroatoms. The first kappa shape index (κ1) is 17.5. The van der Waals surface area contributed by atoms with Gasteiger partial charge in [0.05, 0.1) is 12.1 Å². The Balaban J connectivity index is 1.69. The van der Waals surface area contributed by atoms with Crippen molar-refractivity contribution in [2.75, 3.05) is 6.61 Å². The van der Waals surface area contributed by atoms with Crippen molar-refractivity contribution in [3.05, 3.63) is 60.2 Å². The van der Waals surface area contributed by atoms with Gasteiger partial charge in [0.15, 0.2) is 11.5 Å². The van der Waals surface area contributed by atoms with Gasteiger partial charge in [-0.15, -0.1) is 0 Å². The summed E-state index contributed by atoms with van der Waals surface area (Å²) in [6.07, 6.45) is -0.713. The number of hydrazone groups is 1. The van der Waals surface area contributed by atoms with Crippen LogP contribution in [0.5, 0.6) is 11.5 Å². The number of para-hydroxylation sites is 2. The molecule has 1 aliphatic heterocycles. The van der Waals surface area contributed by atoms with Gasteiger partial charge in [-0.2, -0.15) is 5.10 Å². The van der Waals surface area contributed by atoms with Crippen LogP contribution in [-0.2, 0) is 9.59 Å². The maximum Gasteiger partial charge on any atom is 0.303 e. The van der Waals surface area contributed by atoms with Gasteiger partial charge in [-0.25, -0.2) is 5.43 Å². The monoisotopic (exact) mass is 354 g/mol. The largest absolute Gasteiger partial charge is 0.485 e. The number of carboxylic acids is 1. The van der Waals surface area contributed by atoms with Gasteiger partial charge in [-0.3, -0.25) is 9.59 Å². The molecule has 1 atom stereocenters. The zero-order chi connectivity index (χ0) is 18.4. The van der Waals surface area contributed by atoms with E-state index in [1.54, 1.807) is 18.2 Å². The smallest absolute Gasteiger partial charge is 0.303 e. The Bertz CT molecular complexity index is 820. The molecule has 0 aliphatic carbocycles. The molecule has 0 unspecified atom stereocenters. The molecule has 2 N–H and O–H groups in total. The third-order valence-electron chi connectivity index (χ3n) is 3.78. The molecule has 0 radical (unpaired) electrons. The van der Waals surface area contributed by atoms with E-state index in [1.165, 1.54) is 0 Å². The quantitative estimate of drug-likeness (QED) is 0.612. The van der Waals surface area contributed by atoms with E-state index in [9.17, 15) is 9.59 Å². The lowest BCUT2D eigenvalue weighted by Crippen LogP contribution is -2.42. The first-order chi connectivity index (χ1) is 12.6. The minimum Gasteiger partial charge on any atom is -0.485 e. The Hall–Kier alpha value is -3.35. The van der Waals surface area contributed by atoms with Crippen LogP contribution in [0.2, 0.25) is 0 Å². The van der Waals surface area contributed by atoms with Gasteiger partial charge in [0.25, 0.3) is 5.91 Å². The molecule has 0 aromatic heterocycles. The molecule has 2 aromatic rings. The predicted molar refractivity (Wildman–Crippen MR) is 94.3 cm³/mol. The first-order valence-electron chi connectivity index (χ1n) is 8.15. The number of aliphatic carboxylic acids is 1. The molecular formula is C19H18N2O5. The summed E-state index contributed by atoms with van der Waals surface area (Å²) in [6, 6.07) is 16.2. The zero-order valence-electron chi connectivity index (χ0n) is 13.9. The number of nitrogens with zero attached hydrogens (tertiary/aromatic N) is 1. The van der Waals surface area contributed by atoms with Crippen molar-refractivity contribution >= 4 is 17.6 Å².